The number of hydrogen-bond donors (Lipinski definition) is 9. The normalized spacial score (nSPS) is 13.6. The maximum atomic E-state index is 14.3. The number of rotatable bonds is 29. The van der Waals surface area contributed by atoms with Gasteiger partial charge in [0, 0.05) is 36.0 Å². The van der Waals surface area contributed by atoms with E-state index in [0.717, 1.165) is 41.4 Å². The molecule has 0 radical (unpaired) electrons. The van der Waals surface area contributed by atoms with Crippen molar-refractivity contribution in [3.63, 3.8) is 0 Å². The minimum atomic E-state index is -4.50. The molecule has 4 aromatic rings. The summed E-state index contributed by atoms with van der Waals surface area (Å²) >= 11 is 0. The molecule has 0 bridgehead atoms. The molecule has 392 valence electrons. The van der Waals surface area contributed by atoms with Gasteiger partial charge in [0.05, 0.1) is 17.9 Å². The Morgan fingerprint density at radius 1 is 0.639 bits per heavy atom. The van der Waals surface area contributed by atoms with E-state index in [9.17, 15) is 51.6 Å². The number of alkyl carbamates (subject to hydrolysis) is 1. The van der Waals surface area contributed by atoms with Gasteiger partial charge in [-0.1, -0.05) is 107 Å². The van der Waals surface area contributed by atoms with Gasteiger partial charge in [0.2, 0.25) is 29.5 Å². The van der Waals surface area contributed by atoms with Crippen LogP contribution in [0.25, 0.3) is 10.9 Å². The summed E-state index contributed by atoms with van der Waals surface area (Å²) in [5.41, 5.74) is 2.11. The number of aromatic amines is 1. The van der Waals surface area contributed by atoms with Crippen molar-refractivity contribution in [1.29, 1.82) is 0 Å². The van der Waals surface area contributed by atoms with Gasteiger partial charge in [0.1, 0.15) is 29.8 Å². The lowest BCUT2D eigenvalue weighted by molar-refractivity contribution is -0.138. The molecule has 72 heavy (non-hydrogen) atoms. The van der Waals surface area contributed by atoms with Crippen molar-refractivity contribution in [2.45, 2.75) is 159 Å². The van der Waals surface area contributed by atoms with Gasteiger partial charge in [0.15, 0.2) is 0 Å². The summed E-state index contributed by atoms with van der Waals surface area (Å²) in [7, 11) is -4.50. The molecule has 0 fully saturated rings. The Hall–Kier alpha value is -6.80. The first-order chi connectivity index (χ1) is 34.1. The fourth-order valence-electron chi connectivity index (χ4n) is 7.96. The Labute approximate surface area is 421 Å². The smallest absolute Gasteiger partial charge is 0.408 e. The fourth-order valence-corrected chi connectivity index (χ4v) is 8.44. The quantitative estimate of drug-likeness (QED) is 0.0244. The van der Waals surface area contributed by atoms with Crippen LogP contribution in [-0.4, -0.2) is 107 Å². The topological polar surface area (TPSA) is 291 Å². The number of nitrogens with one attached hydrogen (secondary N) is 7. The van der Waals surface area contributed by atoms with Gasteiger partial charge in [-0.15, -0.1) is 0 Å². The second-order valence-electron chi connectivity index (χ2n) is 18.9. The van der Waals surface area contributed by atoms with Crippen molar-refractivity contribution in [1.82, 2.24) is 36.9 Å². The number of amides is 6. The van der Waals surface area contributed by atoms with E-state index in [2.05, 4.69) is 36.9 Å². The van der Waals surface area contributed by atoms with Crippen molar-refractivity contribution < 1.29 is 56.4 Å². The molecular weight excluding hydrogens is 947 g/mol. The van der Waals surface area contributed by atoms with E-state index in [4.69, 9.17) is 4.74 Å². The van der Waals surface area contributed by atoms with Crippen LogP contribution in [0.3, 0.4) is 0 Å². The van der Waals surface area contributed by atoms with Crippen LogP contribution in [0.2, 0.25) is 0 Å². The number of carbonyl (C=O) groups excluding carboxylic acids is 6. The zero-order valence-corrected chi connectivity index (χ0v) is 42.6. The maximum Gasteiger partial charge on any atom is 0.408 e. The molecule has 0 unspecified atom stereocenters. The number of carbonyl (C=O) groups is 7. The third-order valence-corrected chi connectivity index (χ3v) is 12.5. The molecule has 6 amide bonds. The van der Waals surface area contributed by atoms with Crippen molar-refractivity contribution >= 4 is 62.6 Å². The van der Waals surface area contributed by atoms with Crippen molar-refractivity contribution in [3.8, 4) is 0 Å². The molecule has 1 aromatic heterocycles. The molecule has 0 saturated heterocycles. The van der Waals surface area contributed by atoms with Gasteiger partial charge in [-0.05, 0) is 87.8 Å². The predicted octanol–water partition coefficient (Wildman–Crippen LogP) is 5.42. The van der Waals surface area contributed by atoms with Crippen molar-refractivity contribution in [2.24, 2.45) is 0 Å². The van der Waals surface area contributed by atoms with Crippen molar-refractivity contribution in [3.05, 3.63) is 102 Å². The lowest BCUT2D eigenvalue weighted by Gasteiger charge is -2.26. The van der Waals surface area contributed by atoms with Crippen LogP contribution in [-0.2, 0) is 62.9 Å². The summed E-state index contributed by atoms with van der Waals surface area (Å²) in [6.45, 7) is 8.10. The van der Waals surface area contributed by atoms with Gasteiger partial charge in [-0.25, -0.2) is 4.79 Å². The largest absolute Gasteiger partial charge is 0.481 e. The van der Waals surface area contributed by atoms with Gasteiger partial charge < -0.3 is 46.7 Å². The molecule has 0 spiro atoms. The van der Waals surface area contributed by atoms with E-state index in [1.807, 2.05) is 68.4 Å². The molecule has 0 aliphatic heterocycles. The summed E-state index contributed by atoms with van der Waals surface area (Å²) in [5.74, 6) is -4.57. The zero-order chi connectivity index (χ0) is 52.8. The lowest BCUT2D eigenvalue weighted by atomic mass is 10.0. The van der Waals surface area contributed by atoms with Crippen LogP contribution in [0.15, 0.2) is 90.0 Å². The average Bonchev–Trinajstić information content (AvgIpc) is 3.73. The first-order valence-corrected chi connectivity index (χ1v) is 25.9. The van der Waals surface area contributed by atoms with E-state index in [1.165, 1.54) is 12.1 Å². The number of benzene rings is 3. The highest BCUT2D eigenvalue weighted by Gasteiger charge is 2.32. The number of aromatic nitrogens is 1. The average molecular weight is 1020 g/mol. The summed E-state index contributed by atoms with van der Waals surface area (Å²) < 4.78 is 38.0. The van der Waals surface area contributed by atoms with Crippen molar-refractivity contribution in [2.75, 3.05) is 6.54 Å². The number of H-pyrrole nitrogens is 1. The number of hydrogen-bond acceptors (Lipinski definition) is 10. The first-order valence-electron chi connectivity index (χ1n) is 24.5. The van der Waals surface area contributed by atoms with Crippen LogP contribution in [0, 0.1) is 0 Å². The molecule has 5 atom stereocenters. The highest BCUT2D eigenvalue weighted by atomic mass is 32.2. The lowest BCUT2D eigenvalue weighted by Crippen LogP contribution is -2.57. The maximum absolute atomic E-state index is 14.3. The number of fused-ring (bicyclic) bond motifs is 1. The van der Waals surface area contributed by atoms with Crippen LogP contribution in [0.4, 0.5) is 4.79 Å². The third kappa shape index (κ3) is 20.1. The standard InChI is InChI=1S/C52H71N7O12S/c1-6-8-22-41(57-49(65)43(59-51(67)71-52(3,4)5)29-35-25-27-38(28-26-35)72(68,69)70)47(63)54-33-45(60)56-44(30-36-32-53-40-24-16-15-21-39(36)40)50(66)58-42(23-9-7-2)48(64)55-37(31-46(61)62)20-14-13-19-34-17-11-10-12-18-34/h10-12,15-18,21,24-28,32,37,41-44,53H,6-9,13-14,19-20,22-23,29-31,33H2,1-5H3,(H,54,63)(H,55,64)(H,56,60)(H,57,65)(H,58,66)(H,59,67)(H,61,62)(H,68,69,70)/t37-,41-,42-,43-,44+/m0/s1. The van der Waals surface area contributed by atoms with E-state index >= 15 is 0 Å². The van der Waals surface area contributed by atoms with E-state index in [-0.39, 0.29) is 37.0 Å². The van der Waals surface area contributed by atoms with E-state index in [1.54, 1.807) is 27.0 Å². The molecule has 0 aliphatic rings. The molecular formula is C52H71N7O12S. The van der Waals surface area contributed by atoms with Gasteiger partial charge in [0.25, 0.3) is 10.1 Å². The number of carboxylic acids is 1. The van der Waals surface area contributed by atoms with Crippen LogP contribution < -0.4 is 31.9 Å². The number of carboxylic acid groups (broad SMARTS) is 1. The monoisotopic (exact) mass is 1020 g/mol. The summed E-state index contributed by atoms with van der Waals surface area (Å²) in [4.78, 5) is 97.2. The predicted molar refractivity (Wildman–Crippen MR) is 271 cm³/mol. The summed E-state index contributed by atoms with van der Waals surface area (Å²) in [6, 6.07) is 16.8. The Morgan fingerprint density at radius 2 is 1.22 bits per heavy atom. The molecule has 0 aliphatic carbocycles. The molecule has 4 rings (SSSR count). The minimum absolute atomic E-state index is 0.0134. The Morgan fingerprint density at radius 3 is 1.82 bits per heavy atom. The molecule has 1 heterocycles. The second-order valence-corrected chi connectivity index (χ2v) is 20.3. The highest BCUT2D eigenvalue weighted by molar-refractivity contribution is 7.85. The number of aliphatic carboxylic acids is 1. The van der Waals surface area contributed by atoms with Gasteiger partial charge in [-0.3, -0.25) is 33.3 Å². The SMILES string of the molecule is CCCC[C@H](NC(=O)[C@H](Cc1ccc(S(=O)(=O)O)cc1)NC(=O)OC(C)(C)C)C(=O)NCC(=O)N[C@H](Cc1c[nH]c2ccccc12)C(=O)N[C@@H](CCCC)C(=O)N[C@@H](CCCCc1ccccc1)CC(=O)O. The van der Waals surface area contributed by atoms with Gasteiger partial charge >= 0.3 is 12.1 Å². The third-order valence-electron chi connectivity index (χ3n) is 11.7. The number of ether oxygens (including phenoxy) is 1. The minimum Gasteiger partial charge on any atom is -0.481 e. The zero-order valence-electron chi connectivity index (χ0n) is 41.8. The Balaban J connectivity index is 1.49. The number of aryl methyl sites for hydroxylation is 1. The van der Waals surface area contributed by atoms with Crippen LogP contribution in [0.1, 0.15) is 116 Å². The number of para-hydroxylation sites is 1. The molecule has 3 aromatic carbocycles. The summed E-state index contributed by atoms with van der Waals surface area (Å²) in [5, 5.41) is 26.7. The van der Waals surface area contributed by atoms with E-state index < -0.39 is 94.1 Å². The van der Waals surface area contributed by atoms with Crippen LogP contribution >= 0.6 is 0 Å². The Kier molecular flexibility index (Phi) is 22.7. The van der Waals surface area contributed by atoms with Gasteiger partial charge in [-0.2, -0.15) is 8.42 Å². The van der Waals surface area contributed by atoms with E-state index in [0.29, 0.717) is 49.7 Å². The second kappa shape index (κ2) is 28.3. The highest BCUT2D eigenvalue weighted by Crippen LogP contribution is 2.20. The number of unbranched alkanes of at least 4 members (excludes halogenated alkanes) is 3. The fraction of sp³-hybridized carbons (Fsp3) is 0.481. The van der Waals surface area contributed by atoms with Crippen LogP contribution in [0.5, 0.6) is 0 Å². The summed E-state index contributed by atoms with van der Waals surface area (Å²) in [6.07, 6.45) is 5.70. The molecule has 20 heteroatoms. The molecule has 9 N–H and O–H groups in total. The first kappa shape index (κ1) is 57.8. The molecule has 19 nitrogen and oxygen atoms in total. The molecule has 0 saturated carbocycles. The Bertz CT molecular complexity index is 2550.